The molecule has 18 heavy (non-hydrogen) atoms. The van der Waals surface area contributed by atoms with Gasteiger partial charge in [-0.1, -0.05) is 0 Å². The lowest BCUT2D eigenvalue weighted by Crippen LogP contribution is -2.28. The van der Waals surface area contributed by atoms with E-state index < -0.39 is 0 Å². The molecular weight excluding hydrogens is 363 g/mol. The van der Waals surface area contributed by atoms with Crippen molar-refractivity contribution < 1.29 is 9.59 Å². The zero-order chi connectivity index (χ0) is 13.0. The zero-order valence-electron chi connectivity index (χ0n) is 9.87. The minimum absolute atomic E-state index is 0.0585. The number of amides is 2. The van der Waals surface area contributed by atoms with Crippen LogP contribution in [-0.4, -0.2) is 24.4 Å². The normalized spacial score (nSPS) is 14.3. The predicted octanol–water partition coefficient (Wildman–Crippen LogP) is 2.14. The molecule has 1 aromatic rings. The Morgan fingerprint density at radius 1 is 1.44 bits per heavy atom. The highest BCUT2D eigenvalue weighted by Crippen LogP contribution is 2.18. The van der Waals surface area contributed by atoms with Crippen LogP contribution in [-0.2, 0) is 4.79 Å². The summed E-state index contributed by atoms with van der Waals surface area (Å²) in [6.07, 6.45) is 3.39. The van der Waals surface area contributed by atoms with Gasteiger partial charge in [0.2, 0.25) is 5.91 Å². The van der Waals surface area contributed by atoms with Crippen molar-refractivity contribution in [2.45, 2.75) is 31.7 Å². The fourth-order valence-electron chi connectivity index (χ4n) is 1.51. The Kier molecular flexibility index (Phi) is 4.99. The highest BCUT2D eigenvalue weighted by Gasteiger charge is 2.22. The number of carbonyl (C=O) groups is 2. The summed E-state index contributed by atoms with van der Waals surface area (Å²) in [5.41, 5.74) is 0.701. The van der Waals surface area contributed by atoms with Gasteiger partial charge in [0.25, 0.3) is 5.91 Å². The lowest BCUT2D eigenvalue weighted by Gasteiger charge is -2.04. The summed E-state index contributed by atoms with van der Waals surface area (Å²) in [6.45, 7) is 0.545. The largest absolute Gasteiger partial charge is 0.353 e. The summed E-state index contributed by atoms with van der Waals surface area (Å²) in [7, 11) is 0. The number of rotatable bonds is 6. The molecule has 2 amide bonds. The summed E-state index contributed by atoms with van der Waals surface area (Å²) in [6, 6.07) is 2.28. The van der Waals surface area contributed by atoms with Gasteiger partial charge in [0.1, 0.15) is 0 Å². The molecule has 98 valence electrons. The van der Waals surface area contributed by atoms with Crippen LogP contribution in [0, 0.1) is 2.88 Å². The molecule has 4 nitrogen and oxygen atoms in total. The van der Waals surface area contributed by atoms with Gasteiger partial charge in [0, 0.05) is 24.4 Å². The van der Waals surface area contributed by atoms with Crippen molar-refractivity contribution in [2.75, 3.05) is 6.54 Å². The lowest BCUT2D eigenvalue weighted by molar-refractivity contribution is -0.121. The molecule has 0 bridgehead atoms. The van der Waals surface area contributed by atoms with Crippen LogP contribution >= 0.6 is 33.9 Å². The summed E-state index contributed by atoms with van der Waals surface area (Å²) < 4.78 is 1.10. The van der Waals surface area contributed by atoms with Crippen LogP contribution in [0.1, 0.15) is 36.0 Å². The van der Waals surface area contributed by atoms with E-state index in [2.05, 4.69) is 33.2 Å². The Morgan fingerprint density at radius 3 is 2.83 bits per heavy atom. The molecule has 0 saturated heterocycles. The zero-order valence-corrected chi connectivity index (χ0v) is 12.8. The molecule has 0 unspecified atom stereocenters. The maximum absolute atomic E-state index is 11.7. The lowest BCUT2D eigenvalue weighted by atomic mass is 10.2. The minimum Gasteiger partial charge on any atom is -0.353 e. The fourth-order valence-corrected chi connectivity index (χ4v) is 2.84. The van der Waals surface area contributed by atoms with Crippen LogP contribution in [0.15, 0.2) is 11.4 Å². The summed E-state index contributed by atoms with van der Waals surface area (Å²) in [5, 5.41) is 7.59. The van der Waals surface area contributed by atoms with Crippen LogP contribution in [0.4, 0.5) is 0 Å². The van der Waals surface area contributed by atoms with Crippen molar-refractivity contribution in [2.24, 2.45) is 0 Å². The third-order valence-corrected chi connectivity index (χ3v) is 4.43. The third kappa shape index (κ3) is 4.56. The van der Waals surface area contributed by atoms with Gasteiger partial charge in [0.05, 0.1) is 8.45 Å². The molecule has 0 aliphatic heterocycles. The van der Waals surface area contributed by atoms with Crippen LogP contribution in [0.2, 0.25) is 0 Å². The standard InChI is InChI=1S/C12H15IN2O2S/c13-10-6-8(7-18-10)12(17)14-5-1-2-11(16)15-9-3-4-9/h6-7,9H,1-5H2,(H,14,17)(H,15,16). The Balaban J connectivity index is 1.59. The molecule has 1 aromatic heterocycles. The molecule has 2 N–H and O–H groups in total. The summed E-state index contributed by atoms with van der Waals surface area (Å²) in [4.78, 5) is 23.1. The van der Waals surface area contributed by atoms with Crippen molar-refractivity contribution >= 4 is 45.7 Å². The highest BCUT2D eigenvalue weighted by atomic mass is 127. The van der Waals surface area contributed by atoms with E-state index in [4.69, 9.17) is 0 Å². The van der Waals surface area contributed by atoms with Gasteiger partial charge >= 0.3 is 0 Å². The number of thiophene rings is 1. The Morgan fingerprint density at radius 2 is 2.22 bits per heavy atom. The first-order valence-corrected chi connectivity index (χ1v) is 7.92. The van der Waals surface area contributed by atoms with Gasteiger partial charge in [-0.3, -0.25) is 9.59 Å². The first-order valence-electron chi connectivity index (χ1n) is 5.97. The van der Waals surface area contributed by atoms with E-state index in [9.17, 15) is 9.59 Å². The van der Waals surface area contributed by atoms with Gasteiger partial charge in [-0.15, -0.1) is 11.3 Å². The monoisotopic (exact) mass is 378 g/mol. The Labute approximate surface area is 124 Å². The first kappa shape index (κ1) is 13.8. The van der Waals surface area contributed by atoms with Gasteiger partial charge in [-0.25, -0.2) is 0 Å². The van der Waals surface area contributed by atoms with Crippen LogP contribution in [0.5, 0.6) is 0 Å². The Hall–Kier alpha value is -0.630. The number of hydrogen-bond acceptors (Lipinski definition) is 3. The van der Waals surface area contributed by atoms with Crippen LogP contribution in [0.3, 0.4) is 0 Å². The third-order valence-electron chi connectivity index (χ3n) is 2.64. The molecule has 2 rings (SSSR count). The maximum Gasteiger partial charge on any atom is 0.252 e. The molecule has 1 fully saturated rings. The van der Waals surface area contributed by atoms with Gasteiger partial charge in [-0.2, -0.15) is 0 Å². The first-order chi connectivity index (χ1) is 8.65. The van der Waals surface area contributed by atoms with E-state index in [1.807, 2.05) is 11.4 Å². The van der Waals surface area contributed by atoms with E-state index in [0.29, 0.717) is 31.0 Å². The molecule has 1 heterocycles. The van der Waals surface area contributed by atoms with E-state index in [1.165, 1.54) is 0 Å². The van der Waals surface area contributed by atoms with E-state index in [0.717, 1.165) is 15.7 Å². The molecular formula is C12H15IN2O2S. The maximum atomic E-state index is 11.7. The minimum atomic E-state index is -0.0585. The second kappa shape index (κ2) is 6.51. The van der Waals surface area contributed by atoms with Crippen molar-refractivity contribution in [3.63, 3.8) is 0 Å². The predicted molar refractivity (Wildman–Crippen MR) is 79.8 cm³/mol. The van der Waals surface area contributed by atoms with Crippen LogP contribution < -0.4 is 10.6 Å². The second-order valence-electron chi connectivity index (χ2n) is 4.34. The Bertz CT molecular complexity index is 443. The average Bonchev–Trinajstić information content (AvgIpc) is 3.03. The van der Waals surface area contributed by atoms with Crippen molar-refractivity contribution in [1.82, 2.24) is 10.6 Å². The highest BCUT2D eigenvalue weighted by molar-refractivity contribution is 14.1. The number of hydrogen-bond donors (Lipinski definition) is 2. The number of nitrogens with one attached hydrogen (secondary N) is 2. The molecule has 0 radical (unpaired) electrons. The quantitative estimate of drug-likeness (QED) is 0.589. The summed E-state index contributed by atoms with van der Waals surface area (Å²) >= 11 is 3.74. The smallest absolute Gasteiger partial charge is 0.252 e. The van der Waals surface area contributed by atoms with Gasteiger partial charge in [0.15, 0.2) is 0 Å². The van der Waals surface area contributed by atoms with Crippen molar-refractivity contribution in [3.8, 4) is 0 Å². The van der Waals surface area contributed by atoms with Crippen LogP contribution in [0.25, 0.3) is 0 Å². The molecule has 0 aromatic carbocycles. The molecule has 0 spiro atoms. The topological polar surface area (TPSA) is 58.2 Å². The molecule has 6 heteroatoms. The molecule has 1 aliphatic rings. The molecule has 1 aliphatic carbocycles. The van der Waals surface area contributed by atoms with Crippen molar-refractivity contribution in [3.05, 3.63) is 19.9 Å². The van der Waals surface area contributed by atoms with E-state index in [-0.39, 0.29) is 11.8 Å². The SMILES string of the molecule is O=C(CCCNC(=O)c1csc(I)c1)NC1CC1. The molecule has 1 saturated carbocycles. The number of halogens is 1. The second-order valence-corrected chi connectivity index (χ2v) is 7.15. The number of carbonyl (C=O) groups excluding carboxylic acids is 2. The van der Waals surface area contributed by atoms with E-state index >= 15 is 0 Å². The van der Waals surface area contributed by atoms with Gasteiger partial charge < -0.3 is 10.6 Å². The average molecular weight is 378 g/mol. The van der Waals surface area contributed by atoms with E-state index in [1.54, 1.807) is 11.3 Å². The van der Waals surface area contributed by atoms with Gasteiger partial charge in [-0.05, 0) is 47.9 Å². The molecule has 0 atom stereocenters. The van der Waals surface area contributed by atoms with Crippen molar-refractivity contribution in [1.29, 1.82) is 0 Å². The summed E-state index contributed by atoms with van der Waals surface area (Å²) in [5.74, 6) is 0.0357. The fraction of sp³-hybridized carbons (Fsp3) is 0.500.